The fourth-order valence-corrected chi connectivity index (χ4v) is 1.86. The standard InChI is InChI=1S/C11H19NO5/c1-11(2,3)17-9(14)8-4-7(6-13)5-12(8)10(15)16/h7-8,13H,4-6H2,1-3H3,(H,15,16). The zero-order chi connectivity index (χ0) is 13.2. The van der Waals surface area contributed by atoms with E-state index < -0.39 is 23.7 Å². The highest BCUT2D eigenvalue weighted by Gasteiger charge is 2.41. The lowest BCUT2D eigenvalue weighted by Crippen LogP contribution is -2.42. The van der Waals surface area contributed by atoms with Gasteiger partial charge in [-0.3, -0.25) is 4.90 Å². The lowest BCUT2D eigenvalue weighted by Gasteiger charge is -2.25. The minimum absolute atomic E-state index is 0.122. The molecular weight excluding hydrogens is 226 g/mol. The number of carboxylic acid groups (broad SMARTS) is 1. The maximum absolute atomic E-state index is 11.8. The first-order valence-electron chi connectivity index (χ1n) is 5.58. The highest BCUT2D eigenvalue weighted by atomic mass is 16.6. The molecule has 0 spiro atoms. The van der Waals surface area contributed by atoms with Crippen LogP contribution in [0.15, 0.2) is 0 Å². The number of carbonyl (C=O) groups excluding carboxylic acids is 1. The molecule has 0 aromatic heterocycles. The van der Waals surface area contributed by atoms with Crippen molar-refractivity contribution in [3.05, 3.63) is 0 Å². The van der Waals surface area contributed by atoms with Gasteiger partial charge in [0.25, 0.3) is 0 Å². The van der Waals surface area contributed by atoms with Gasteiger partial charge in [0.05, 0.1) is 0 Å². The van der Waals surface area contributed by atoms with Crippen LogP contribution in [0.4, 0.5) is 4.79 Å². The van der Waals surface area contributed by atoms with Crippen molar-refractivity contribution in [1.82, 2.24) is 4.90 Å². The van der Waals surface area contributed by atoms with E-state index in [1.165, 1.54) is 0 Å². The molecule has 0 bridgehead atoms. The summed E-state index contributed by atoms with van der Waals surface area (Å²) < 4.78 is 5.17. The van der Waals surface area contributed by atoms with Gasteiger partial charge in [-0.25, -0.2) is 9.59 Å². The third kappa shape index (κ3) is 3.59. The Bertz CT molecular complexity index is 309. The fraction of sp³-hybridized carbons (Fsp3) is 0.818. The number of aliphatic hydroxyl groups is 1. The van der Waals surface area contributed by atoms with Crippen molar-refractivity contribution in [2.24, 2.45) is 5.92 Å². The maximum atomic E-state index is 11.8. The number of esters is 1. The monoisotopic (exact) mass is 245 g/mol. The topological polar surface area (TPSA) is 87.1 Å². The summed E-state index contributed by atoms with van der Waals surface area (Å²) in [5.41, 5.74) is -0.640. The van der Waals surface area contributed by atoms with Gasteiger partial charge in [0, 0.05) is 19.1 Å². The average molecular weight is 245 g/mol. The molecule has 0 aliphatic carbocycles. The van der Waals surface area contributed by atoms with Gasteiger partial charge in [0.1, 0.15) is 11.6 Å². The zero-order valence-corrected chi connectivity index (χ0v) is 10.3. The van der Waals surface area contributed by atoms with E-state index in [9.17, 15) is 9.59 Å². The molecule has 0 aromatic rings. The molecular formula is C11H19NO5. The second kappa shape index (κ2) is 4.91. The molecule has 2 unspecified atom stereocenters. The maximum Gasteiger partial charge on any atom is 0.408 e. The van der Waals surface area contributed by atoms with Crippen LogP contribution < -0.4 is 0 Å². The minimum Gasteiger partial charge on any atom is -0.465 e. The Morgan fingerprint density at radius 1 is 1.41 bits per heavy atom. The Balaban J connectivity index is 2.73. The highest BCUT2D eigenvalue weighted by molar-refractivity contribution is 5.81. The van der Waals surface area contributed by atoms with E-state index in [0.29, 0.717) is 6.42 Å². The van der Waals surface area contributed by atoms with Crippen LogP contribution in [0.25, 0.3) is 0 Å². The van der Waals surface area contributed by atoms with Crippen LogP contribution in [0, 0.1) is 5.92 Å². The van der Waals surface area contributed by atoms with E-state index in [1.54, 1.807) is 20.8 Å². The molecule has 17 heavy (non-hydrogen) atoms. The van der Waals surface area contributed by atoms with E-state index in [2.05, 4.69) is 0 Å². The van der Waals surface area contributed by atoms with Gasteiger partial charge >= 0.3 is 12.1 Å². The molecule has 1 heterocycles. The number of likely N-dealkylation sites (tertiary alicyclic amines) is 1. The van der Waals surface area contributed by atoms with Gasteiger partial charge in [-0.2, -0.15) is 0 Å². The van der Waals surface area contributed by atoms with E-state index in [0.717, 1.165) is 4.90 Å². The normalized spacial score (nSPS) is 24.8. The number of amides is 1. The third-order valence-electron chi connectivity index (χ3n) is 2.57. The van der Waals surface area contributed by atoms with Crippen LogP contribution in [-0.2, 0) is 9.53 Å². The quantitative estimate of drug-likeness (QED) is 0.699. The molecule has 6 nitrogen and oxygen atoms in total. The summed E-state index contributed by atoms with van der Waals surface area (Å²) in [6.07, 6.45) is -0.839. The van der Waals surface area contributed by atoms with Crippen LogP contribution >= 0.6 is 0 Å². The molecule has 98 valence electrons. The molecule has 1 amide bonds. The summed E-state index contributed by atoms with van der Waals surface area (Å²) in [6.45, 7) is 5.25. The van der Waals surface area contributed by atoms with E-state index in [4.69, 9.17) is 14.9 Å². The van der Waals surface area contributed by atoms with Gasteiger partial charge in [0.15, 0.2) is 0 Å². The Morgan fingerprint density at radius 2 is 2.00 bits per heavy atom. The summed E-state index contributed by atoms with van der Waals surface area (Å²) in [6, 6.07) is -0.802. The Kier molecular flexibility index (Phi) is 3.98. The van der Waals surface area contributed by atoms with Crippen molar-refractivity contribution in [3.63, 3.8) is 0 Å². The molecule has 0 saturated carbocycles. The number of carbonyl (C=O) groups is 2. The van der Waals surface area contributed by atoms with Gasteiger partial charge in [-0.1, -0.05) is 0 Å². The van der Waals surface area contributed by atoms with Crippen LogP contribution in [0.5, 0.6) is 0 Å². The Hall–Kier alpha value is -1.30. The number of hydrogen-bond donors (Lipinski definition) is 2. The first-order valence-corrected chi connectivity index (χ1v) is 5.58. The third-order valence-corrected chi connectivity index (χ3v) is 2.57. The number of hydrogen-bond acceptors (Lipinski definition) is 4. The van der Waals surface area contributed by atoms with Crippen LogP contribution in [0.1, 0.15) is 27.2 Å². The van der Waals surface area contributed by atoms with Gasteiger partial charge in [-0.05, 0) is 27.2 Å². The molecule has 2 N–H and O–H groups in total. The van der Waals surface area contributed by atoms with Crippen molar-refractivity contribution in [3.8, 4) is 0 Å². The highest BCUT2D eigenvalue weighted by Crippen LogP contribution is 2.25. The van der Waals surface area contributed by atoms with E-state index >= 15 is 0 Å². The van der Waals surface area contributed by atoms with E-state index in [-0.39, 0.29) is 19.1 Å². The molecule has 1 saturated heterocycles. The van der Waals surface area contributed by atoms with Crippen molar-refractivity contribution >= 4 is 12.1 Å². The number of aliphatic hydroxyl groups excluding tert-OH is 1. The first kappa shape index (κ1) is 13.8. The summed E-state index contributed by atoms with van der Waals surface area (Å²) in [7, 11) is 0. The largest absolute Gasteiger partial charge is 0.465 e. The number of ether oxygens (including phenoxy) is 1. The minimum atomic E-state index is -1.16. The second-order valence-corrected chi connectivity index (χ2v) is 5.27. The van der Waals surface area contributed by atoms with Crippen LogP contribution in [0.3, 0.4) is 0 Å². The number of rotatable bonds is 2. The van der Waals surface area contributed by atoms with Crippen molar-refractivity contribution in [2.75, 3.05) is 13.2 Å². The van der Waals surface area contributed by atoms with Gasteiger partial charge < -0.3 is 14.9 Å². The van der Waals surface area contributed by atoms with Crippen LogP contribution in [-0.4, -0.2) is 52.0 Å². The Labute approximate surface area is 100 Å². The molecule has 0 aromatic carbocycles. The smallest absolute Gasteiger partial charge is 0.408 e. The molecule has 1 aliphatic heterocycles. The SMILES string of the molecule is CC(C)(C)OC(=O)C1CC(CO)CN1C(=O)O. The first-order chi connectivity index (χ1) is 7.74. The van der Waals surface area contributed by atoms with Crippen LogP contribution in [0.2, 0.25) is 0 Å². The molecule has 1 aliphatic rings. The average Bonchev–Trinajstić information content (AvgIpc) is 2.58. The lowest BCUT2D eigenvalue weighted by atomic mass is 10.1. The molecule has 1 rings (SSSR count). The predicted molar refractivity (Wildman–Crippen MR) is 59.6 cm³/mol. The molecule has 1 fully saturated rings. The van der Waals surface area contributed by atoms with Crippen molar-refractivity contribution in [1.29, 1.82) is 0 Å². The molecule has 6 heteroatoms. The zero-order valence-electron chi connectivity index (χ0n) is 10.3. The Morgan fingerprint density at radius 3 is 2.41 bits per heavy atom. The van der Waals surface area contributed by atoms with Gasteiger partial charge in [-0.15, -0.1) is 0 Å². The second-order valence-electron chi connectivity index (χ2n) is 5.27. The number of nitrogens with zero attached hydrogens (tertiary/aromatic N) is 1. The van der Waals surface area contributed by atoms with E-state index in [1.807, 2.05) is 0 Å². The summed E-state index contributed by atoms with van der Waals surface area (Å²) in [5, 5.41) is 18.0. The molecule has 2 atom stereocenters. The fourth-order valence-electron chi connectivity index (χ4n) is 1.86. The summed E-state index contributed by atoms with van der Waals surface area (Å²) in [5.74, 6) is -0.737. The summed E-state index contributed by atoms with van der Waals surface area (Å²) >= 11 is 0. The summed E-state index contributed by atoms with van der Waals surface area (Å²) in [4.78, 5) is 23.8. The molecule has 0 radical (unpaired) electrons. The van der Waals surface area contributed by atoms with Crippen molar-refractivity contribution in [2.45, 2.75) is 38.8 Å². The lowest BCUT2D eigenvalue weighted by molar-refractivity contribution is -0.159. The van der Waals surface area contributed by atoms with Gasteiger partial charge in [0.2, 0.25) is 0 Å². The predicted octanol–water partition coefficient (Wildman–Crippen LogP) is 0.689. The van der Waals surface area contributed by atoms with Crippen molar-refractivity contribution < 1.29 is 24.5 Å².